The van der Waals surface area contributed by atoms with Crippen molar-refractivity contribution in [2.45, 2.75) is 71.4 Å². The zero-order valence-corrected chi connectivity index (χ0v) is 16.1. The van der Waals surface area contributed by atoms with Crippen molar-refractivity contribution in [2.24, 2.45) is 10.9 Å². The number of furan rings is 1. The minimum atomic E-state index is 0.372. The molecule has 25 heavy (non-hydrogen) atoms. The summed E-state index contributed by atoms with van der Waals surface area (Å²) >= 11 is 0. The monoisotopic (exact) mass is 349 g/mol. The third-order valence-electron chi connectivity index (χ3n) is 4.97. The van der Waals surface area contributed by atoms with Crippen LogP contribution >= 0.6 is 0 Å². The number of nitrogens with one attached hydrogen (secondary N) is 2. The van der Waals surface area contributed by atoms with Gasteiger partial charge in [0.15, 0.2) is 5.96 Å². The Morgan fingerprint density at radius 2 is 2.16 bits per heavy atom. The largest absolute Gasteiger partial charge is 0.469 e. The Bertz CT molecular complexity index is 483. The van der Waals surface area contributed by atoms with Crippen LogP contribution in [0.4, 0.5) is 0 Å². The molecule has 0 radical (unpaired) electrons. The highest BCUT2D eigenvalue weighted by molar-refractivity contribution is 5.80. The Balaban J connectivity index is 1.85. The molecular weight excluding hydrogens is 314 g/mol. The van der Waals surface area contributed by atoms with E-state index in [0.717, 1.165) is 57.1 Å². The molecule has 2 unspecified atom stereocenters. The summed E-state index contributed by atoms with van der Waals surface area (Å²) in [4.78, 5) is 4.69. The molecule has 1 aliphatic rings. The van der Waals surface area contributed by atoms with E-state index in [1.807, 2.05) is 12.1 Å². The van der Waals surface area contributed by atoms with E-state index in [9.17, 15) is 0 Å². The molecule has 1 saturated heterocycles. The van der Waals surface area contributed by atoms with Crippen LogP contribution in [0, 0.1) is 5.92 Å². The Kier molecular flexibility index (Phi) is 8.87. The first kappa shape index (κ1) is 19.8. The Hall–Kier alpha value is -1.49. The second kappa shape index (κ2) is 11.2. The Morgan fingerprint density at radius 3 is 2.84 bits per heavy atom. The van der Waals surface area contributed by atoms with Crippen LogP contribution < -0.4 is 10.6 Å². The lowest BCUT2D eigenvalue weighted by molar-refractivity contribution is -0.0324. The van der Waals surface area contributed by atoms with E-state index in [1.54, 1.807) is 6.26 Å². The lowest BCUT2D eigenvalue weighted by Gasteiger charge is -2.35. The average molecular weight is 350 g/mol. The van der Waals surface area contributed by atoms with Crippen LogP contribution in [0.25, 0.3) is 0 Å². The van der Waals surface area contributed by atoms with Crippen molar-refractivity contribution in [2.75, 3.05) is 19.7 Å². The third kappa shape index (κ3) is 6.73. The summed E-state index contributed by atoms with van der Waals surface area (Å²) in [6.45, 7) is 9.18. The lowest BCUT2D eigenvalue weighted by Crippen LogP contribution is -2.48. The van der Waals surface area contributed by atoms with Crippen LogP contribution in [-0.2, 0) is 11.2 Å². The highest BCUT2D eigenvalue weighted by Crippen LogP contribution is 2.25. The quantitative estimate of drug-likeness (QED) is 0.526. The smallest absolute Gasteiger partial charge is 0.191 e. The summed E-state index contributed by atoms with van der Waals surface area (Å²) < 4.78 is 11.4. The molecule has 142 valence electrons. The molecule has 0 saturated carbocycles. The van der Waals surface area contributed by atoms with Crippen molar-refractivity contribution in [3.05, 3.63) is 24.2 Å². The summed E-state index contributed by atoms with van der Waals surface area (Å²) in [6, 6.07) is 4.38. The summed E-state index contributed by atoms with van der Waals surface area (Å²) in [5, 5.41) is 7.08. The Morgan fingerprint density at radius 1 is 1.32 bits per heavy atom. The first-order valence-electron chi connectivity index (χ1n) is 9.95. The summed E-state index contributed by atoms with van der Waals surface area (Å²) in [5.74, 6) is 2.58. The molecule has 1 aliphatic heterocycles. The van der Waals surface area contributed by atoms with E-state index in [4.69, 9.17) is 9.15 Å². The normalized spacial score (nSPS) is 21.5. The van der Waals surface area contributed by atoms with E-state index in [-0.39, 0.29) is 0 Å². The average Bonchev–Trinajstić information content (AvgIpc) is 3.14. The first-order chi connectivity index (χ1) is 12.3. The van der Waals surface area contributed by atoms with Gasteiger partial charge < -0.3 is 19.8 Å². The van der Waals surface area contributed by atoms with E-state index < -0.39 is 0 Å². The number of rotatable bonds is 9. The second-order valence-electron chi connectivity index (χ2n) is 6.84. The maximum Gasteiger partial charge on any atom is 0.191 e. The van der Waals surface area contributed by atoms with E-state index in [1.165, 1.54) is 12.8 Å². The zero-order valence-electron chi connectivity index (χ0n) is 16.1. The van der Waals surface area contributed by atoms with Crippen LogP contribution in [-0.4, -0.2) is 37.8 Å². The van der Waals surface area contributed by atoms with Crippen LogP contribution in [0.3, 0.4) is 0 Å². The fourth-order valence-electron chi connectivity index (χ4n) is 3.43. The number of nitrogens with zero attached hydrogens (tertiary/aromatic N) is 1. The molecule has 0 bridgehead atoms. The van der Waals surface area contributed by atoms with Crippen LogP contribution in [0.5, 0.6) is 0 Å². The molecule has 2 heterocycles. The van der Waals surface area contributed by atoms with Crippen molar-refractivity contribution >= 4 is 5.96 Å². The van der Waals surface area contributed by atoms with Gasteiger partial charge in [-0.1, -0.05) is 33.6 Å². The van der Waals surface area contributed by atoms with Crippen molar-refractivity contribution in [1.29, 1.82) is 0 Å². The molecule has 1 aromatic heterocycles. The third-order valence-corrected chi connectivity index (χ3v) is 4.97. The summed E-state index contributed by atoms with van der Waals surface area (Å²) in [5.41, 5.74) is 0. The van der Waals surface area contributed by atoms with Gasteiger partial charge in [0.05, 0.1) is 12.4 Å². The number of hydrogen-bond acceptors (Lipinski definition) is 3. The fraction of sp³-hybridized carbons (Fsp3) is 0.750. The van der Waals surface area contributed by atoms with Gasteiger partial charge in [0, 0.05) is 32.2 Å². The predicted molar refractivity (Wildman–Crippen MR) is 103 cm³/mol. The molecule has 2 rings (SSSR count). The van der Waals surface area contributed by atoms with Gasteiger partial charge in [0.25, 0.3) is 0 Å². The zero-order chi connectivity index (χ0) is 17.9. The van der Waals surface area contributed by atoms with Gasteiger partial charge >= 0.3 is 0 Å². The number of aliphatic imine (C=N–C) groups is 1. The topological polar surface area (TPSA) is 58.8 Å². The molecule has 2 N–H and O–H groups in total. The first-order valence-corrected chi connectivity index (χ1v) is 9.95. The maximum absolute atomic E-state index is 6.03. The van der Waals surface area contributed by atoms with Gasteiger partial charge in [0.2, 0.25) is 0 Å². The lowest BCUT2D eigenvalue weighted by atomic mass is 9.89. The van der Waals surface area contributed by atoms with E-state index in [0.29, 0.717) is 18.1 Å². The minimum Gasteiger partial charge on any atom is -0.469 e. The van der Waals surface area contributed by atoms with E-state index in [2.05, 4.69) is 36.4 Å². The minimum absolute atomic E-state index is 0.372. The van der Waals surface area contributed by atoms with Crippen molar-refractivity contribution < 1.29 is 9.15 Å². The molecule has 5 heteroatoms. The molecule has 0 spiro atoms. The van der Waals surface area contributed by atoms with Gasteiger partial charge in [-0.15, -0.1) is 0 Å². The molecule has 1 aromatic rings. The van der Waals surface area contributed by atoms with Crippen LogP contribution in [0.15, 0.2) is 27.8 Å². The summed E-state index contributed by atoms with van der Waals surface area (Å²) in [7, 11) is 0. The molecule has 2 atom stereocenters. The second-order valence-corrected chi connectivity index (χ2v) is 6.84. The molecular formula is C20H35N3O2. The standard InChI is InChI=1S/C20H35N3O2/c1-4-11-21-20(22-12-9-18-8-7-13-24-18)23-17-10-14-25-19(15-17)16(5-2)6-3/h7-8,13,16-17,19H,4-6,9-12,14-15H2,1-3H3,(H2,21,22,23). The number of hydrogen-bond donors (Lipinski definition) is 2. The van der Waals surface area contributed by atoms with E-state index >= 15 is 0 Å². The van der Waals surface area contributed by atoms with Gasteiger partial charge in [-0.05, 0) is 37.3 Å². The predicted octanol–water partition coefficient (Wildman–Crippen LogP) is 3.75. The molecule has 0 amide bonds. The van der Waals surface area contributed by atoms with Gasteiger partial charge in [-0.3, -0.25) is 4.99 Å². The molecule has 1 fully saturated rings. The van der Waals surface area contributed by atoms with Gasteiger partial charge in [0.1, 0.15) is 5.76 Å². The number of ether oxygens (including phenoxy) is 1. The SMILES string of the molecule is CCCN=C(NCCc1ccco1)NC1CCOC(C(CC)CC)C1. The molecule has 0 aromatic carbocycles. The fourth-order valence-corrected chi connectivity index (χ4v) is 3.43. The van der Waals surface area contributed by atoms with Crippen molar-refractivity contribution in [1.82, 2.24) is 10.6 Å². The van der Waals surface area contributed by atoms with Crippen LogP contribution in [0.2, 0.25) is 0 Å². The Labute approximate surface area is 152 Å². The summed E-state index contributed by atoms with van der Waals surface area (Å²) in [6.07, 6.45) is 8.49. The van der Waals surface area contributed by atoms with Gasteiger partial charge in [-0.25, -0.2) is 0 Å². The van der Waals surface area contributed by atoms with Crippen LogP contribution in [0.1, 0.15) is 58.6 Å². The van der Waals surface area contributed by atoms with Crippen molar-refractivity contribution in [3.8, 4) is 0 Å². The maximum atomic E-state index is 6.03. The van der Waals surface area contributed by atoms with Crippen molar-refractivity contribution in [3.63, 3.8) is 0 Å². The highest BCUT2D eigenvalue weighted by atomic mass is 16.5. The number of guanidine groups is 1. The highest BCUT2D eigenvalue weighted by Gasteiger charge is 2.28. The molecule has 0 aliphatic carbocycles. The van der Waals surface area contributed by atoms with Gasteiger partial charge in [-0.2, -0.15) is 0 Å². The molecule has 5 nitrogen and oxygen atoms in total.